The van der Waals surface area contributed by atoms with Crippen LogP contribution in [0.1, 0.15) is 15.9 Å². The van der Waals surface area contributed by atoms with E-state index in [-0.39, 0.29) is 11.8 Å². The summed E-state index contributed by atoms with van der Waals surface area (Å²) in [7, 11) is 0. The van der Waals surface area contributed by atoms with Gasteiger partial charge in [0.1, 0.15) is 11.3 Å². The highest BCUT2D eigenvalue weighted by molar-refractivity contribution is 5.97. The van der Waals surface area contributed by atoms with Gasteiger partial charge in [-0.1, -0.05) is 35.9 Å². The SMILES string of the molecule is Cc1ccc(NNC(=O)c2cccnc2Oc2ccccc2)cc1. The van der Waals surface area contributed by atoms with Gasteiger partial charge in [-0.05, 0) is 43.3 Å². The molecule has 2 aromatic carbocycles. The number of ether oxygens (including phenoxy) is 1. The van der Waals surface area contributed by atoms with Gasteiger partial charge in [-0.3, -0.25) is 15.6 Å². The van der Waals surface area contributed by atoms with Crippen molar-refractivity contribution in [3.05, 3.63) is 84.1 Å². The van der Waals surface area contributed by atoms with Gasteiger partial charge in [0.15, 0.2) is 0 Å². The van der Waals surface area contributed by atoms with Crippen molar-refractivity contribution in [1.82, 2.24) is 10.4 Å². The summed E-state index contributed by atoms with van der Waals surface area (Å²) in [6.07, 6.45) is 1.59. The summed E-state index contributed by atoms with van der Waals surface area (Å²) in [5.41, 5.74) is 7.82. The van der Waals surface area contributed by atoms with Gasteiger partial charge in [-0.2, -0.15) is 0 Å². The summed E-state index contributed by atoms with van der Waals surface area (Å²) in [6.45, 7) is 2.01. The molecule has 0 atom stereocenters. The highest BCUT2D eigenvalue weighted by atomic mass is 16.5. The van der Waals surface area contributed by atoms with Crippen molar-refractivity contribution >= 4 is 11.6 Å². The standard InChI is InChI=1S/C19H17N3O2/c1-14-9-11-15(12-10-14)21-22-18(23)17-8-5-13-20-19(17)24-16-6-3-2-4-7-16/h2-13,21H,1H3,(H,22,23). The molecule has 0 fully saturated rings. The van der Waals surface area contributed by atoms with E-state index in [4.69, 9.17) is 4.74 Å². The zero-order valence-electron chi connectivity index (χ0n) is 13.2. The van der Waals surface area contributed by atoms with Gasteiger partial charge in [0.2, 0.25) is 5.88 Å². The quantitative estimate of drug-likeness (QED) is 0.699. The molecule has 0 bridgehead atoms. The number of hydrogen-bond donors (Lipinski definition) is 2. The highest BCUT2D eigenvalue weighted by Crippen LogP contribution is 2.22. The van der Waals surface area contributed by atoms with Crippen LogP contribution >= 0.6 is 0 Å². The van der Waals surface area contributed by atoms with Crippen LogP contribution < -0.4 is 15.6 Å². The van der Waals surface area contributed by atoms with E-state index in [9.17, 15) is 4.79 Å². The first-order valence-corrected chi connectivity index (χ1v) is 7.53. The molecule has 0 spiro atoms. The summed E-state index contributed by atoms with van der Waals surface area (Å²) in [5.74, 6) is 0.554. The highest BCUT2D eigenvalue weighted by Gasteiger charge is 2.14. The molecule has 2 N–H and O–H groups in total. The molecule has 0 saturated carbocycles. The van der Waals surface area contributed by atoms with E-state index in [1.165, 1.54) is 0 Å². The van der Waals surface area contributed by atoms with Gasteiger partial charge < -0.3 is 4.74 Å². The number of anilines is 1. The molecule has 0 aliphatic rings. The molecule has 0 aliphatic heterocycles. The smallest absolute Gasteiger partial charge is 0.275 e. The maximum Gasteiger partial charge on any atom is 0.275 e. The van der Waals surface area contributed by atoms with Gasteiger partial charge in [0, 0.05) is 6.20 Å². The number of hydrogen-bond acceptors (Lipinski definition) is 4. The van der Waals surface area contributed by atoms with E-state index >= 15 is 0 Å². The van der Waals surface area contributed by atoms with Crippen molar-refractivity contribution in [2.75, 3.05) is 5.43 Å². The van der Waals surface area contributed by atoms with Crippen molar-refractivity contribution in [2.45, 2.75) is 6.92 Å². The summed E-state index contributed by atoms with van der Waals surface area (Å²) in [4.78, 5) is 16.6. The number of carbonyl (C=O) groups excluding carboxylic acids is 1. The first-order chi connectivity index (χ1) is 11.7. The van der Waals surface area contributed by atoms with Crippen LogP contribution in [0.5, 0.6) is 11.6 Å². The van der Waals surface area contributed by atoms with Crippen LogP contribution in [-0.2, 0) is 0 Å². The Hall–Kier alpha value is -3.34. The average molecular weight is 319 g/mol. The lowest BCUT2D eigenvalue weighted by Gasteiger charge is -2.11. The lowest BCUT2D eigenvalue weighted by Crippen LogP contribution is -2.29. The van der Waals surface area contributed by atoms with E-state index in [2.05, 4.69) is 15.8 Å². The van der Waals surface area contributed by atoms with Gasteiger partial charge in [0.25, 0.3) is 5.91 Å². The molecule has 5 nitrogen and oxygen atoms in total. The Labute approximate surface area is 140 Å². The molecule has 0 aliphatic carbocycles. The first-order valence-electron chi connectivity index (χ1n) is 7.53. The minimum atomic E-state index is -0.324. The topological polar surface area (TPSA) is 63.2 Å². The third kappa shape index (κ3) is 3.89. The fourth-order valence-corrected chi connectivity index (χ4v) is 2.08. The Morgan fingerprint density at radius 3 is 2.46 bits per heavy atom. The van der Waals surface area contributed by atoms with E-state index < -0.39 is 0 Å². The summed E-state index contributed by atoms with van der Waals surface area (Å²) >= 11 is 0. The van der Waals surface area contributed by atoms with E-state index in [1.54, 1.807) is 30.5 Å². The molecule has 5 heteroatoms. The number of benzene rings is 2. The maximum atomic E-state index is 12.4. The second-order valence-corrected chi connectivity index (χ2v) is 5.22. The van der Waals surface area contributed by atoms with Crippen LogP contribution in [0.15, 0.2) is 72.9 Å². The minimum Gasteiger partial charge on any atom is -0.438 e. The largest absolute Gasteiger partial charge is 0.438 e. The van der Waals surface area contributed by atoms with Gasteiger partial charge in [-0.15, -0.1) is 0 Å². The van der Waals surface area contributed by atoms with Gasteiger partial charge >= 0.3 is 0 Å². The van der Waals surface area contributed by atoms with Crippen LogP contribution in [0.2, 0.25) is 0 Å². The minimum absolute atomic E-state index is 0.256. The van der Waals surface area contributed by atoms with Crippen molar-refractivity contribution in [1.29, 1.82) is 0 Å². The molecule has 1 amide bonds. The van der Waals surface area contributed by atoms with Crippen molar-refractivity contribution in [3.63, 3.8) is 0 Å². The number of para-hydroxylation sites is 1. The normalized spacial score (nSPS) is 10.0. The molecule has 0 saturated heterocycles. The summed E-state index contributed by atoms with van der Waals surface area (Å²) in [5, 5.41) is 0. The lowest BCUT2D eigenvalue weighted by atomic mass is 10.2. The van der Waals surface area contributed by atoms with Crippen molar-refractivity contribution in [2.24, 2.45) is 0 Å². The van der Waals surface area contributed by atoms with E-state index in [0.29, 0.717) is 11.3 Å². The predicted molar refractivity (Wildman–Crippen MR) is 93.0 cm³/mol. The van der Waals surface area contributed by atoms with E-state index in [0.717, 1.165) is 11.3 Å². The molecule has 0 unspecified atom stereocenters. The van der Waals surface area contributed by atoms with Crippen LogP contribution in [-0.4, -0.2) is 10.9 Å². The maximum absolute atomic E-state index is 12.4. The third-order valence-corrected chi connectivity index (χ3v) is 3.35. The lowest BCUT2D eigenvalue weighted by molar-refractivity contribution is 0.0959. The predicted octanol–water partition coefficient (Wildman–Crippen LogP) is 3.94. The van der Waals surface area contributed by atoms with Crippen LogP contribution in [0.4, 0.5) is 5.69 Å². The van der Waals surface area contributed by atoms with Crippen LogP contribution in [0.25, 0.3) is 0 Å². The third-order valence-electron chi connectivity index (χ3n) is 3.35. The van der Waals surface area contributed by atoms with Gasteiger partial charge in [0.05, 0.1) is 5.69 Å². The molecule has 24 heavy (non-hydrogen) atoms. The average Bonchev–Trinajstić information content (AvgIpc) is 2.62. The number of nitrogens with one attached hydrogen (secondary N) is 2. The Kier molecular flexibility index (Phi) is 4.72. The van der Waals surface area contributed by atoms with E-state index in [1.807, 2.05) is 49.4 Å². The van der Waals surface area contributed by atoms with Crippen LogP contribution in [0, 0.1) is 6.92 Å². The Balaban J connectivity index is 1.71. The number of hydrazine groups is 1. The molecular formula is C19H17N3O2. The molecule has 1 heterocycles. The number of amides is 1. The number of pyridine rings is 1. The fraction of sp³-hybridized carbons (Fsp3) is 0.0526. The number of aromatic nitrogens is 1. The number of nitrogens with zero attached hydrogens (tertiary/aromatic N) is 1. The second kappa shape index (κ2) is 7.28. The monoisotopic (exact) mass is 319 g/mol. The Morgan fingerprint density at radius 2 is 1.71 bits per heavy atom. The Morgan fingerprint density at radius 1 is 0.958 bits per heavy atom. The second-order valence-electron chi connectivity index (χ2n) is 5.22. The molecule has 1 aromatic heterocycles. The number of carbonyl (C=O) groups is 1. The van der Waals surface area contributed by atoms with Crippen molar-refractivity contribution < 1.29 is 9.53 Å². The number of aryl methyl sites for hydroxylation is 1. The summed E-state index contributed by atoms with van der Waals surface area (Å²) in [6, 6.07) is 20.3. The zero-order valence-corrected chi connectivity index (χ0v) is 13.2. The molecule has 3 rings (SSSR count). The van der Waals surface area contributed by atoms with Crippen molar-refractivity contribution in [3.8, 4) is 11.6 Å². The molecule has 0 radical (unpaired) electrons. The summed E-state index contributed by atoms with van der Waals surface area (Å²) < 4.78 is 5.70. The molecule has 3 aromatic rings. The first kappa shape index (κ1) is 15.6. The molecule has 120 valence electrons. The zero-order chi connectivity index (χ0) is 16.8. The Bertz CT molecular complexity index is 818. The van der Waals surface area contributed by atoms with Crippen LogP contribution in [0.3, 0.4) is 0 Å². The number of rotatable bonds is 5. The molecular weight excluding hydrogens is 302 g/mol. The fourth-order valence-electron chi connectivity index (χ4n) is 2.08. The van der Waals surface area contributed by atoms with Gasteiger partial charge in [-0.25, -0.2) is 4.98 Å².